The van der Waals surface area contributed by atoms with Gasteiger partial charge in [-0.1, -0.05) is 30.3 Å². The zero-order valence-electron chi connectivity index (χ0n) is 20.6. The van der Waals surface area contributed by atoms with E-state index in [1.807, 2.05) is 47.4 Å². The second-order valence-corrected chi connectivity index (χ2v) is 9.41. The Balaban J connectivity index is 1.26. The molecule has 0 aliphatic carbocycles. The highest BCUT2D eigenvalue weighted by Crippen LogP contribution is 2.38. The number of fused-ring (bicyclic) bond motifs is 2. The molecular weight excluding hydrogens is 454 g/mol. The molecule has 6 rings (SSSR count). The van der Waals surface area contributed by atoms with Crippen molar-refractivity contribution >= 4 is 22.6 Å². The summed E-state index contributed by atoms with van der Waals surface area (Å²) in [5.41, 5.74) is 5.07. The van der Waals surface area contributed by atoms with E-state index in [1.165, 1.54) is 0 Å². The highest BCUT2D eigenvalue weighted by Gasteiger charge is 2.35. The van der Waals surface area contributed by atoms with Crippen molar-refractivity contribution in [3.05, 3.63) is 77.6 Å². The lowest BCUT2D eigenvalue weighted by molar-refractivity contribution is -0.117. The third-order valence-corrected chi connectivity index (χ3v) is 6.98. The van der Waals surface area contributed by atoms with Crippen LogP contribution in [0, 0.1) is 13.8 Å². The van der Waals surface area contributed by atoms with Crippen LogP contribution in [0.3, 0.4) is 0 Å². The number of amides is 1. The van der Waals surface area contributed by atoms with Gasteiger partial charge in [0.1, 0.15) is 31.4 Å². The lowest BCUT2D eigenvalue weighted by Crippen LogP contribution is -2.25. The maximum absolute atomic E-state index is 13.1. The highest BCUT2D eigenvalue weighted by atomic mass is 16.6. The summed E-state index contributed by atoms with van der Waals surface area (Å²) in [7, 11) is 0. The molecule has 0 bridgehead atoms. The molecule has 184 valence electrons. The van der Waals surface area contributed by atoms with Gasteiger partial charge in [-0.2, -0.15) is 0 Å². The summed E-state index contributed by atoms with van der Waals surface area (Å²) < 4.78 is 19.8. The molecule has 0 radical (unpaired) electrons. The first-order valence-corrected chi connectivity index (χ1v) is 12.4. The van der Waals surface area contributed by atoms with Crippen LogP contribution in [-0.4, -0.2) is 41.8 Å². The van der Waals surface area contributed by atoms with Crippen LogP contribution in [0.25, 0.3) is 11.0 Å². The van der Waals surface area contributed by atoms with Crippen molar-refractivity contribution in [2.24, 2.45) is 0 Å². The van der Waals surface area contributed by atoms with Crippen molar-refractivity contribution in [2.45, 2.75) is 32.7 Å². The topological polar surface area (TPSA) is 65.8 Å². The monoisotopic (exact) mass is 483 g/mol. The van der Waals surface area contributed by atoms with Gasteiger partial charge in [-0.15, -0.1) is 0 Å². The Morgan fingerprint density at radius 3 is 2.58 bits per heavy atom. The van der Waals surface area contributed by atoms with Gasteiger partial charge in [0.05, 0.1) is 17.6 Å². The summed E-state index contributed by atoms with van der Waals surface area (Å²) >= 11 is 0. The van der Waals surface area contributed by atoms with Crippen LogP contribution in [0.1, 0.15) is 29.3 Å². The number of rotatable bonds is 6. The first-order valence-electron chi connectivity index (χ1n) is 12.4. The average Bonchev–Trinajstić information content (AvgIpc) is 3.46. The second-order valence-electron chi connectivity index (χ2n) is 9.41. The van der Waals surface area contributed by atoms with E-state index in [-0.39, 0.29) is 11.8 Å². The van der Waals surface area contributed by atoms with Crippen molar-refractivity contribution < 1.29 is 19.0 Å². The van der Waals surface area contributed by atoms with E-state index in [4.69, 9.17) is 19.2 Å². The Morgan fingerprint density at radius 2 is 1.75 bits per heavy atom. The molecule has 0 saturated carbocycles. The van der Waals surface area contributed by atoms with E-state index in [0.29, 0.717) is 45.1 Å². The fourth-order valence-electron chi connectivity index (χ4n) is 5.24. The third-order valence-electron chi connectivity index (χ3n) is 6.98. The Labute approximate surface area is 210 Å². The van der Waals surface area contributed by atoms with Gasteiger partial charge in [0, 0.05) is 30.6 Å². The molecule has 7 heteroatoms. The molecule has 2 aliphatic heterocycles. The molecule has 1 fully saturated rings. The summed E-state index contributed by atoms with van der Waals surface area (Å²) in [5.74, 6) is 3.34. The lowest BCUT2D eigenvalue weighted by atomic mass is 10.1. The van der Waals surface area contributed by atoms with Crippen molar-refractivity contribution in [3.63, 3.8) is 0 Å². The SMILES string of the molecule is Cc1cccc(C)c1OCCn1c(C2CC(=O)N(c3ccc4c(c3)OCCO4)C2)nc2ccccc21. The molecule has 1 atom stereocenters. The quantitative estimate of drug-likeness (QED) is 0.385. The number of nitrogens with zero attached hydrogens (tertiary/aromatic N) is 3. The largest absolute Gasteiger partial charge is 0.491 e. The molecular formula is C29H29N3O4. The standard InChI is InChI=1S/C29H29N3O4/c1-19-6-5-7-20(2)28(19)36-13-12-31-24-9-4-3-8-23(24)30-29(31)21-16-27(33)32(18-21)22-10-11-25-26(17-22)35-15-14-34-25/h3-11,17,21H,12-16,18H2,1-2H3. The van der Waals surface area contributed by atoms with Crippen LogP contribution in [0.4, 0.5) is 5.69 Å². The van der Waals surface area contributed by atoms with Gasteiger partial charge in [-0.05, 0) is 49.2 Å². The first kappa shape index (κ1) is 22.5. The molecule has 7 nitrogen and oxygen atoms in total. The number of benzene rings is 3. The Bertz CT molecular complexity index is 1420. The molecule has 1 aromatic heterocycles. The van der Waals surface area contributed by atoms with E-state index >= 15 is 0 Å². The number of imidazole rings is 1. The molecule has 3 aromatic carbocycles. The van der Waals surface area contributed by atoms with Crippen LogP contribution in [0.15, 0.2) is 60.7 Å². The Morgan fingerprint density at radius 1 is 0.972 bits per heavy atom. The Kier molecular flexibility index (Phi) is 5.76. The molecule has 0 N–H and O–H groups in total. The summed E-state index contributed by atoms with van der Waals surface area (Å²) in [6, 6.07) is 20.0. The van der Waals surface area contributed by atoms with Gasteiger partial charge in [0.25, 0.3) is 0 Å². The number of carbonyl (C=O) groups is 1. The lowest BCUT2D eigenvalue weighted by Gasteiger charge is -2.22. The van der Waals surface area contributed by atoms with Crippen LogP contribution in [-0.2, 0) is 11.3 Å². The van der Waals surface area contributed by atoms with Gasteiger partial charge in [-0.3, -0.25) is 4.79 Å². The van der Waals surface area contributed by atoms with Crippen molar-refractivity contribution in [1.82, 2.24) is 9.55 Å². The molecule has 3 heterocycles. The number of hydrogen-bond acceptors (Lipinski definition) is 5. The summed E-state index contributed by atoms with van der Waals surface area (Å²) in [4.78, 5) is 19.9. The van der Waals surface area contributed by atoms with Crippen molar-refractivity contribution in [2.75, 3.05) is 31.3 Å². The maximum Gasteiger partial charge on any atom is 0.227 e. The van der Waals surface area contributed by atoms with E-state index < -0.39 is 0 Å². The molecule has 4 aromatic rings. The predicted molar refractivity (Wildman–Crippen MR) is 138 cm³/mol. The van der Waals surface area contributed by atoms with Gasteiger partial charge in [-0.25, -0.2) is 4.98 Å². The van der Waals surface area contributed by atoms with E-state index in [0.717, 1.165) is 45.2 Å². The van der Waals surface area contributed by atoms with E-state index in [2.05, 4.69) is 36.6 Å². The minimum Gasteiger partial charge on any atom is -0.491 e. The van der Waals surface area contributed by atoms with Crippen LogP contribution < -0.4 is 19.1 Å². The molecule has 0 spiro atoms. The predicted octanol–water partition coefficient (Wildman–Crippen LogP) is 5.02. The number of para-hydroxylation sites is 3. The molecule has 36 heavy (non-hydrogen) atoms. The average molecular weight is 484 g/mol. The smallest absolute Gasteiger partial charge is 0.227 e. The summed E-state index contributed by atoms with van der Waals surface area (Å²) in [6.07, 6.45) is 0.412. The van der Waals surface area contributed by atoms with Gasteiger partial charge >= 0.3 is 0 Å². The van der Waals surface area contributed by atoms with Gasteiger partial charge in [0.2, 0.25) is 5.91 Å². The minimum absolute atomic E-state index is 0.0155. The fourth-order valence-corrected chi connectivity index (χ4v) is 5.24. The fraction of sp³-hybridized carbons (Fsp3) is 0.310. The Hall–Kier alpha value is -4.00. The number of carbonyl (C=O) groups excluding carboxylic acids is 1. The van der Waals surface area contributed by atoms with Crippen LogP contribution >= 0.6 is 0 Å². The molecule has 1 saturated heterocycles. The third kappa shape index (κ3) is 4.04. The zero-order valence-corrected chi connectivity index (χ0v) is 20.6. The number of aromatic nitrogens is 2. The molecule has 1 amide bonds. The number of anilines is 1. The highest BCUT2D eigenvalue weighted by molar-refractivity contribution is 5.97. The minimum atomic E-state index is -0.0155. The van der Waals surface area contributed by atoms with Gasteiger partial charge < -0.3 is 23.7 Å². The number of aryl methyl sites for hydroxylation is 2. The van der Waals surface area contributed by atoms with Crippen LogP contribution in [0.2, 0.25) is 0 Å². The van der Waals surface area contributed by atoms with Crippen molar-refractivity contribution in [3.8, 4) is 17.2 Å². The normalized spacial score (nSPS) is 17.1. The van der Waals surface area contributed by atoms with E-state index in [1.54, 1.807) is 0 Å². The summed E-state index contributed by atoms with van der Waals surface area (Å²) in [6.45, 7) is 6.93. The molecule has 1 unspecified atom stereocenters. The van der Waals surface area contributed by atoms with Crippen LogP contribution in [0.5, 0.6) is 17.2 Å². The zero-order chi connectivity index (χ0) is 24.6. The van der Waals surface area contributed by atoms with Crippen molar-refractivity contribution in [1.29, 1.82) is 0 Å². The maximum atomic E-state index is 13.1. The summed E-state index contributed by atoms with van der Waals surface area (Å²) in [5, 5.41) is 0. The van der Waals surface area contributed by atoms with E-state index in [9.17, 15) is 4.79 Å². The van der Waals surface area contributed by atoms with Gasteiger partial charge in [0.15, 0.2) is 11.5 Å². The molecule has 2 aliphatic rings. The number of hydrogen-bond donors (Lipinski definition) is 0. The second kappa shape index (κ2) is 9.22. The first-order chi connectivity index (χ1) is 17.6. The number of ether oxygens (including phenoxy) is 3.